The second-order valence-electron chi connectivity index (χ2n) is 7.76. The summed E-state index contributed by atoms with van der Waals surface area (Å²) in [7, 11) is -2.09. The van der Waals surface area contributed by atoms with E-state index in [9.17, 15) is 13.2 Å². The molecule has 2 aromatic carbocycles. The average Bonchev–Trinajstić information content (AvgIpc) is 2.66. The molecule has 0 aromatic heterocycles. The van der Waals surface area contributed by atoms with Crippen LogP contribution in [0.3, 0.4) is 0 Å². The van der Waals surface area contributed by atoms with Crippen molar-refractivity contribution in [3.8, 4) is 5.75 Å². The largest absolute Gasteiger partial charge is 0.496 e. The first kappa shape index (κ1) is 25.3. The molecule has 0 fully saturated rings. The first-order valence-electron chi connectivity index (χ1n) is 9.75. The summed E-state index contributed by atoms with van der Waals surface area (Å²) in [4.78, 5) is 12.8. The van der Waals surface area contributed by atoms with E-state index < -0.39 is 15.9 Å². The lowest BCUT2D eigenvalue weighted by Crippen LogP contribution is -2.41. The molecule has 9 heteroatoms. The smallest absolute Gasteiger partial charge is 0.241 e. The van der Waals surface area contributed by atoms with Gasteiger partial charge in [0.2, 0.25) is 15.9 Å². The van der Waals surface area contributed by atoms with Crippen LogP contribution in [0.2, 0.25) is 10.0 Å². The Balaban J connectivity index is 2.27. The van der Waals surface area contributed by atoms with Gasteiger partial charge in [-0.3, -0.25) is 9.10 Å². The number of amides is 1. The molecule has 0 spiro atoms. The average molecular weight is 487 g/mol. The number of ether oxygens (including phenoxy) is 1. The van der Waals surface area contributed by atoms with Gasteiger partial charge in [0.25, 0.3) is 0 Å². The van der Waals surface area contributed by atoms with Gasteiger partial charge in [-0.1, -0.05) is 37.0 Å². The third-order valence-corrected chi connectivity index (χ3v) is 6.84. The van der Waals surface area contributed by atoms with Crippen LogP contribution in [0.25, 0.3) is 0 Å². The van der Waals surface area contributed by atoms with Gasteiger partial charge in [-0.25, -0.2) is 8.42 Å². The molecular weight excluding hydrogens is 459 g/mol. The van der Waals surface area contributed by atoms with Gasteiger partial charge in [0.05, 0.1) is 35.1 Å². The van der Waals surface area contributed by atoms with Gasteiger partial charge < -0.3 is 10.1 Å². The van der Waals surface area contributed by atoms with Crippen molar-refractivity contribution < 1.29 is 17.9 Å². The fraction of sp³-hybridized carbons (Fsp3) is 0.409. The molecule has 0 heterocycles. The lowest BCUT2D eigenvalue weighted by molar-refractivity contribution is -0.120. The Kier molecular flexibility index (Phi) is 8.25. The maximum Gasteiger partial charge on any atom is 0.241 e. The van der Waals surface area contributed by atoms with Crippen LogP contribution in [0, 0.1) is 6.92 Å². The molecule has 0 aliphatic heterocycles. The van der Waals surface area contributed by atoms with Crippen LogP contribution in [-0.4, -0.2) is 34.2 Å². The van der Waals surface area contributed by atoms with E-state index in [-0.39, 0.29) is 29.2 Å². The number of aryl methyl sites for hydroxylation is 1. The topological polar surface area (TPSA) is 75.7 Å². The molecule has 1 N–H and O–H groups in total. The highest BCUT2D eigenvalue weighted by Gasteiger charge is 2.23. The molecule has 0 radical (unpaired) electrons. The summed E-state index contributed by atoms with van der Waals surface area (Å²) in [5.41, 5.74) is 3.22. The van der Waals surface area contributed by atoms with Crippen molar-refractivity contribution in [3.05, 3.63) is 57.1 Å². The zero-order valence-electron chi connectivity index (χ0n) is 18.5. The molecule has 170 valence electrons. The van der Waals surface area contributed by atoms with Crippen LogP contribution in [0.1, 0.15) is 49.4 Å². The third kappa shape index (κ3) is 6.28. The van der Waals surface area contributed by atoms with Gasteiger partial charge in [0.1, 0.15) is 12.3 Å². The lowest BCUT2D eigenvalue weighted by Gasteiger charge is -2.25. The fourth-order valence-corrected chi connectivity index (χ4v) is 4.49. The van der Waals surface area contributed by atoms with Crippen molar-refractivity contribution >= 4 is 44.8 Å². The Morgan fingerprint density at radius 3 is 2.26 bits per heavy atom. The van der Waals surface area contributed by atoms with Gasteiger partial charge in [0.15, 0.2) is 0 Å². The van der Waals surface area contributed by atoms with Gasteiger partial charge in [-0.15, -0.1) is 0 Å². The Morgan fingerprint density at radius 2 is 1.74 bits per heavy atom. The first-order valence-corrected chi connectivity index (χ1v) is 12.4. The molecule has 0 aliphatic rings. The van der Waals surface area contributed by atoms with Crippen molar-refractivity contribution in [2.75, 3.05) is 24.2 Å². The van der Waals surface area contributed by atoms with E-state index in [1.807, 2.05) is 26.0 Å². The second kappa shape index (κ2) is 10.1. The Hall–Kier alpha value is -1.96. The number of nitrogens with one attached hydrogen (secondary N) is 1. The number of sulfonamides is 1. The summed E-state index contributed by atoms with van der Waals surface area (Å²) >= 11 is 12.0. The van der Waals surface area contributed by atoms with Crippen molar-refractivity contribution in [3.63, 3.8) is 0 Å². The molecule has 1 amide bonds. The minimum atomic E-state index is -3.72. The Labute approximate surface area is 194 Å². The van der Waals surface area contributed by atoms with Gasteiger partial charge in [0, 0.05) is 0 Å². The summed E-state index contributed by atoms with van der Waals surface area (Å²) in [5.74, 6) is 0.607. The summed E-state index contributed by atoms with van der Waals surface area (Å²) in [5, 5.41) is 3.40. The van der Waals surface area contributed by atoms with Crippen LogP contribution < -0.4 is 14.4 Å². The minimum absolute atomic E-state index is 0.205. The Bertz CT molecular complexity index is 1070. The molecule has 0 saturated carbocycles. The molecule has 0 saturated heterocycles. The molecule has 31 heavy (non-hydrogen) atoms. The number of nitrogens with zero attached hydrogens (tertiary/aromatic N) is 1. The van der Waals surface area contributed by atoms with Gasteiger partial charge in [-0.2, -0.15) is 0 Å². The van der Waals surface area contributed by atoms with Crippen LogP contribution in [0.15, 0.2) is 30.3 Å². The number of benzene rings is 2. The molecule has 1 unspecified atom stereocenters. The number of rotatable bonds is 8. The highest BCUT2D eigenvalue weighted by molar-refractivity contribution is 7.92. The highest BCUT2D eigenvalue weighted by atomic mass is 35.5. The van der Waals surface area contributed by atoms with E-state index in [1.54, 1.807) is 7.11 Å². The highest BCUT2D eigenvalue weighted by Crippen LogP contribution is 2.32. The molecule has 6 nitrogen and oxygen atoms in total. The van der Waals surface area contributed by atoms with E-state index >= 15 is 0 Å². The molecule has 1 atom stereocenters. The number of halogens is 2. The number of methoxy groups -OCH3 is 1. The first-order chi connectivity index (χ1) is 14.3. The number of hydrogen-bond acceptors (Lipinski definition) is 4. The van der Waals surface area contributed by atoms with E-state index in [2.05, 4.69) is 19.2 Å². The monoisotopic (exact) mass is 486 g/mol. The molecule has 0 bridgehead atoms. The van der Waals surface area contributed by atoms with Crippen LogP contribution in [0.5, 0.6) is 5.75 Å². The van der Waals surface area contributed by atoms with Gasteiger partial charge >= 0.3 is 0 Å². The van der Waals surface area contributed by atoms with Crippen LogP contribution in [0.4, 0.5) is 5.69 Å². The predicted octanol–water partition coefficient (Wildman–Crippen LogP) is 5.08. The SMILES string of the molecule is COc1cc(C)c(C(C)NC(=O)CN(c2ccc(Cl)c(Cl)c2)S(C)(=O)=O)cc1C(C)C. The van der Waals surface area contributed by atoms with Crippen molar-refractivity contribution in [2.45, 2.75) is 39.7 Å². The predicted molar refractivity (Wildman–Crippen MR) is 127 cm³/mol. The van der Waals surface area contributed by atoms with Crippen molar-refractivity contribution in [1.82, 2.24) is 5.32 Å². The summed E-state index contributed by atoms with van der Waals surface area (Å²) < 4.78 is 31.1. The number of hydrogen-bond donors (Lipinski definition) is 1. The molecule has 2 rings (SSSR count). The van der Waals surface area contributed by atoms with E-state index in [4.69, 9.17) is 27.9 Å². The molecular formula is C22H28Cl2N2O4S. The molecule has 2 aromatic rings. The quantitative estimate of drug-likeness (QED) is 0.564. The maximum atomic E-state index is 12.8. The fourth-order valence-electron chi connectivity index (χ4n) is 3.35. The normalized spacial score (nSPS) is 12.5. The zero-order chi connectivity index (χ0) is 23.5. The number of carbonyl (C=O) groups is 1. The maximum absolute atomic E-state index is 12.8. The van der Waals surface area contributed by atoms with Gasteiger partial charge in [-0.05, 0) is 66.8 Å². The number of carbonyl (C=O) groups excluding carboxylic acids is 1. The Morgan fingerprint density at radius 1 is 1.10 bits per heavy atom. The lowest BCUT2D eigenvalue weighted by atomic mass is 9.93. The van der Waals surface area contributed by atoms with Crippen molar-refractivity contribution in [1.29, 1.82) is 0 Å². The third-order valence-electron chi connectivity index (χ3n) is 4.96. The van der Waals surface area contributed by atoms with E-state index in [0.29, 0.717) is 5.02 Å². The standard InChI is InChI=1S/C22H28Cl2N2O4S/c1-13(2)17-11-18(14(3)9-21(17)30-5)15(4)25-22(27)12-26(31(6,28)29)16-7-8-19(23)20(24)10-16/h7-11,13,15H,12H2,1-6H3,(H,25,27). The zero-order valence-corrected chi connectivity index (χ0v) is 20.8. The summed E-state index contributed by atoms with van der Waals surface area (Å²) in [6, 6.07) is 8.07. The van der Waals surface area contributed by atoms with E-state index in [1.165, 1.54) is 18.2 Å². The second-order valence-corrected chi connectivity index (χ2v) is 10.5. The van der Waals surface area contributed by atoms with Crippen LogP contribution in [-0.2, 0) is 14.8 Å². The summed E-state index contributed by atoms with van der Waals surface area (Å²) in [6.45, 7) is 7.57. The van der Waals surface area contributed by atoms with Crippen molar-refractivity contribution in [2.24, 2.45) is 0 Å². The van der Waals surface area contributed by atoms with Crippen LogP contribution >= 0.6 is 23.2 Å². The minimum Gasteiger partial charge on any atom is -0.496 e. The summed E-state index contributed by atoms with van der Waals surface area (Å²) in [6.07, 6.45) is 1.04. The van der Waals surface area contributed by atoms with E-state index in [0.717, 1.165) is 33.0 Å². The number of anilines is 1. The molecule has 0 aliphatic carbocycles.